The van der Waals surface area contributed by atoms with E-state index < -0.39 is 81.2 Å². The van der Waals surface area contributed by atoms with Gasteiger partial charge in [0.1, 0.15) is 52.3 Å². The first kappa shape index (κ1) is 49.6. The molecule has 6 aromatic rings. The largest absolute Gasteiger partial charge is 0.481 e. The smallest absolute Gasteiger partial charge is 0.396 e. The molecule has 0 radical (unpaired) electrons. The number of fused-ring (bicyclic) bond motifs is 6. The average Bonchev–Trinajstić information content (AvgIpc) is 4.15. The third kappa shape index (κ3) is 7.79. The van der Waals surface area contributed by atoms with Crippen LogP contribution in [-0.2, 0) is 18.0 Å². The molecule has 6 aromatic heterocycles. The number of phosphoric ester groups is 1. The van der Waals surface area contributed by atoms with Crippen molar-refractivity contribution in [2.75, 3.05) is 37.0 Å². The summed E-state index contributed by atoms with van der Waals surface area (Å²) >= 11 is 0. The number of hydrogen-bond acceptors (Lipinski definition) is 24. The number of aliphatic hydroxyl groups is 8. The molecule has 0 aromatic carbocycles. The van der Waals surface area contributed by atoms with Crippen LogP contribution in [0.5, 0.6) is 0 Å². The molecule has 384 valence electrons. The lowest BCUT2D eigenvalue weighted by atomic mass is 10.0. The zero-order chi connectivity index (χ0) is 51.2. The summed E-state index contributed by atoms with van der Waals surface area (Å²) in [4.78, 5) is 64.6. The van der Waals surface area contributed by atoms with E-state index in [2.05, 4.69) is 49.2 Å². The fraction of sp³-hybridized carbons (Fsp3) is 0.615. The Kier molecular flexibility index (Phi) is 11.7. The van der Waals surface area contributed by atoms with Gasteiger partial charge >= 0.3 is 15.6 Å². The highest BCUT2D eigenvalue weighted by Gasteiger charge is 2.73. The van der Waals surface area contributed by atoms with Crippen LogP contribution >= 0.6 is 15.6 Å². The summed E-state index contributed by atoms with van der Waals surface area (Å²) in [5.74, 6) is 1.87. The molecule has 1 unspecified atom stereocenters. The van der Waals surface area contributed by atoms with Gasteiger partial charge in [-0.2, -0.15) is 4.31 Å². The topological polar surface area (TPSA) is 484 Å². The summed E-state index contributed by atoms with van der Waals surface area (Å²) in [5, 5.41) is 81.3. The first-order valence-electron chi connectivity index (χ1n) is 22.3. The highest BCUT2D eigenvalue weighted by atomic mass is 31.3. The summed E-state index contributed by atoms with van der Waals surface area (Å²) in [5.41, 5.74) is 18.1. The van der Waals surface area contributed by atoms with Crippen molar-refractivity contribution in [2.24, 2.45) is 34.0 Å². The number of aryl methyl sites for hydroxylation is 3. The molecule has 0 bridgehead atoms. The molecule has 6 saturated carbocycles. The summed E-state index contributed by atoms with van der Waals surface area (Å²) in [6.45, 7) is 4.31. The van der Waals surface area contributed by atoms with Crippen LogP contribution in [0.2, 0.25) is 0 Å². The van der Waals surface area contributed by atoms with E-state index in [0.717, 1.165) is 0 Å². The highest BCUT2D eigenvalue weighted by molar-refractivity contribution is 7.60. The number of aromatic nitrogens is 12. The van der Waals surface area contributed by atoms with Crippen molar-refractivity contribution in [1.29, 1.82) is 0 Å². The van der Waals surface area contributed by atoms with Crippen LogP contribution in [0.15, 0.2) is 19.0 Å². The number of hydrogen-bond donors (Lipinski definition) is 14. The Morgan fingerprint density at radius 1 is 0.563 bits per heavy atom. The molecule has 17 N–H and O–H groups in total. The normalized spacial score (nSPS) is 36.1. The van der Waals surface area contributed by atoms with Crippen molar-refractivity contribution in [3.8, 4) is 0 Å². The van der Waals surface area contributed by atoms with Crippen LogP contribution in [-0.4, -0.2) is 171 Å². The van der Waals surface area contributed by atoms with Gasteiger partial charge in [0.15, 0.2) is 34.4 Å². The van der Waals surface area contributed by atoms with Crippen LogP contribution in [0, 0.1) is 54.8 Å². The van der Waals surface area contributed by atoms with Crippen molar-refractivity contribution in [3.63, 3.8) is 0 Å². The molecule has 0 aliphatic heterocycles. The first-order chi connectivity index (χ1) is 33.3. The molecule has 6 aliphatic carbocycles. The minimum atomic E-state index is -5.26. The van der Waals surface area contributed by atoms with E-state index in [1.54, 1.807) is 47.1 Å². The van der Waals surface area contributed by atoms with Crippen molar-refractivity contribution >= 4 is 66.6 Å². The molecule has 6 heterocycles. The van der Waals surface area contributed by atoms with Crippen molar-refractivity contribution < 1.29 is 73.5 Å². The predicted molar refractivity (Wildman–Crippen MR) is 241 cm³/mol. The van der Waals surface area contributed by atoms with E-state index in [0.29, 0.717) is 81.9 Å². The van der Waals surface area contributed by atoms with Crippen LogP contribution in [0.3, 0.4) is 0 Å². The van der Waals surface area contributed by atoms with Gasteiger partial charge in [-0.25, -0.2) is 54.0 Å². The zero-order valence-corrected chi connectivity index (χ0v) is 39.7. The maximum atomic E-state index is 11.7. The number of anilines is 3. The SMILES string of the molecule is Cc1nc(N)c2ncn([C@H]3[C@H](O)[C@H](O)[C@]4(CO)C[C@H]34)c2n1.Cc1nc(N)c2ncn([C@H]3[C@H](O)[C@H](O)[C@]4(CO)C[C@H]34)c2n1.Cc1nc(N)c2ncn([C@H]3[C@H](O)[C@H](O)[C@]4(COP(=O)(O)OP(=O)(O)O)C[C@H]34)c2n1. The number of phosphoric acid groups is 2. The fourth-order valence-electron chi connectivity index (χ4n) is 11.8. The monoisotopic (exact) mass is 1030 g/mol. The second-order valence-corrected chi connectivity index (χ2v) is 22.3. The lowest BCUT2D eigenvalue weighted by Gasteiger charge is -2.24. The number of nitrogens with two attached hydrogens (primary N) is 3. The van der Waals surface area contributed by atoms with Gasteiger partial charge in [-0.3, -0.25) is 4.52 Å². The standard InChI is InChI=1S/C13H19N5O9P2.2C13H17N5O3/c1-5-16-11(14)7-12(17-5)18(4-15-7)8-6-2-13(6,10(20)9(8)19)3-26-29(24,25)27-28(21,22)23;2*1-5-16-11(14)7-12(17-5)18(4-15-7)8-6-2-13(6,3-19)10(21)9(8)20/h4,6,8-10,19-20H,2-3H2,1H3,(H,24,25)(H2,14,16,17)(H2,21,22,23);2*4,6,8-10,19-21H,2-3H2,1H3,(H2,14,16,17)/t3*6-,8-,9+,10+,13+/m111/s1. The number of aliphatic hydroxyl groups excluding tert-OH is 8. The van der Waals surface area contributed by atoms with Crippen molar-refractivity contribution in [3.05, 3.63) is 36.5 Å². The lowest BCUT2D eigenvalue weighted by Crippen LogP contribution is -2.35. The maximum absolute atomic E-state index is 11.7. The summed E-state index contributed by atoms with van der Waals surface area (Å²) in [6, 6.07) is -1.38. The summed E-state index contributed by atoms with van der Waals surface area (Å²) in [6.07, 6.45) is -0.123. The van der Waals surface area contributed by atoms with Crippen LogP contribution in [0.1, 0.15) is 54.9 Å². The Bertz CT molecular complexity index is 3070. The van der Waals surface area contributed by atoms with Gasteiger partial charge in [0.05, 0.1) is 75.2 Å². The van der Waals surface area contributed by atoms with E-state index in [1.807, 2.05) is 0 Å². The molecule has 30 nitrogen and oxygen atoms in total. The molecule has 12 rings (SSSR count). The van der Waals surface area contributed by atoms with Crippen molar-refractivity contribution in [2.45, 2.75) is 94.8 Å². The van der Waals surface area contributed by atoms with Gasteiger partial charge in [0.2, 0.25) is 0 Å². The molecule has 16 atom stereocenters. The van der Waals surface area contributed by atoms with Crippen molar-refractivity contribution in [1.82, 2.24) is 58.6 Å². The predicted octanol–water partition coefficient (Wildman–Crippen LogP) is -2.79. The zero-order valence-electron chi connectivity index (χ0n) is 37.9. The summed E-state index contributed by atoms with van der Waals surface area (Å²) < 4.78 is 36.0. The lowest BCUT2D eigenvalue weighted by molar-refractivity contribution is -0.0301. The minimum Gasteiger partial charge on any atom is -0.396 e. The van der Waals surface area contributed by atoms with Crippen LogP contribution in [0.4, 0.5) is 17.5 Å². The second-order valence-electron chi connectivity index (χ2n) is 19.5. The van der Waals surface area contributed by atoms with Gasteiger partial charge < -0.3 is 86.4 Å². The fourth-order valence-corrected chi connectivity index (χ4v) is 13.5. The van der Waals surface area contributed by atoms with E-state index in [1.165, 1.54) is 6.33 Å². The Hall–Kier alpha value is -5.01. The van der Waals surface area contributed by atoms with E-state index in [4.69, 9.17) is 31.5 Å². The molecule has 32 heteroatoms. The minimum absolute atomic E-state index is 0.0152. The number of nitrogens with zero attached hydrogens (tertiary/aromatic N) is 12. The highest BCUT2D eigenvalue weighted by Crippen LogP contribution is 2.71. The Labute approximate surface area is 400 Å². The molecule has 0 spiro atoms. The van der Waals surface area contributed by atoms with E-state index >= 15 is 0 Å². The quantitative estimate of drug-likeness (QED) is 0.0617. The van der Waals surface area contributed by atoms with Crippen LogP contribution in [0.25, 0.3) is 33.5 Å². The Balaban J connectivity index is 0.000000125. The molecule has 71 heavy (non-hydrogen) atoms. The molecule has 0 saturated heterocycles. The molecular weight excluding hydrogens is 980 g/mol. The number of imidazole rings is 3. The first-order valence-corrected chi connectivity index (χ1v) is 25.3. The van der Waals surface area contributed by atoms with Gasteiger partial charge in [-0.15, -0.1) is 0 Å². The Morgan fingerprint density at radius 2 is 0.873 bits per heavy atom. The molecule has 0 amide bonds. The van der Waals surface area contributed by atoms with Gasteiger partial charge in [-0.05, 0) is 57.8 Å². The van der Waals surface area contributed by atoms with Gasteiger partial charge in [0, 0.05) is 16.2 Å². The third-order valence-corrected chi connectivity index (χ3v) is 17.6. The van der Waals surface area contributed by atoms with Gasteiger partial charge in [0.25, 0.3) is 0 Å². The third-order valence-electron chi connectivity index (χ3n) is 15.5. The van der Waals surface area contributed by atoms with Gasteiger partial charge in [-0.1, -0.05) is 0 Å². The molecule has 6 fully saturated rings. The van der Waals surface area contributed by atoms with E-state index in [-0.39, 0.29) is 48.9 Å². The molecule has 6 aliphatic rings. The van der Waals surface area contributed by atoms with E-state index in [9.17, 15) is 54.9 Å². The Morgan fingerprint density at radius 3 is 1.18 bits per heavy atom. The van der Waals surface area contributed by atoms with Crippen LogP contribution < -0.4 is 17.2 Å². The maximum Gasteiger partial charge on any atom is 0.481 e. The average molecular weight is 1030 g/mol. The molecular formula is C39H53N15O15P2. The summed E-state index contributed by atoms with van der Waals surface area (Å²) in [7, 11) is -10.3. The number of rotatable bonds is 10. The second kappa shape index (κ2) is 16.8. The number of nitrogen functional groups attached to an aromatic ring is 3.